The highest BCUT2D eigenvalue weighted by Crippen LogP contribution is 2.12. The molecule has 20 heavy (non-hydrogen) atoms. The zero-order valence-electron chi connectivity index (χ0n) is 11.9. The number of carbonyl (C=O) groups excluding carboxylic acids is 1. The predicted molar refractivity (Wildman–Crippen MR) is 75.1 cm³/mol. The van der Waals surface area contributed by atoms with Crippen LogP contribution in [0.5, 0.6) is 0 Å². The van der Waals surface area contributed by atoms with Crippen LogP contribution in [0.15, 0.2) is 24.3 Å². The first-order chi connectivity index (χ1) is 9.49. The summed E-state index contributed by atoms with van der Waals surface area (Å²) in [6.45, 7) is 4.46. The van der Waals surface area contributed by atoms with E-state index in [2.05, 4.69) is 10.4 Å². The molecule has 106 valence electrons. The highest BCUT2D eigenvalue weighted by molar-refractivity contribution is 5.94. The Balaban J connectivity index is 1.94. The molecule has 1 aromatic heterocycles. The number of halogens is 1. The van der Waals surface area contributed by atoms with Gasteiger partial charge in [-0.05, 0) is 44.0 Å². The number of nitrogens with one attached hydrogen (secondary N) is 1. The summed E-state index contributed by atoms with van der Waals surface area (Å²) in [6, 6.07) is 5.67. The van der Waals surface area contributed by atoms with Gasteiger partial charge >= 0.3 is 0 Å². The number of rotatable bonds is 4. The van der Waals surface area contributed by atoms with E-state index in [0.29, 0.717) is 18.5 Å². The van der Waals surface area contributed by atoms with Crippen molar-refractivity contribution in [3.63, 3.8) is 0 Å². The van der Waals surface area contributed by atoms with E-state index in [4.69, 9.17) is 0 Å². The normalized spacial score (nSPS) is 10.6. The van der Waals surface area contributed by atoms with E-state index in [0.717, 1.165) is 17.0 Å². The molecule has 0 radical (unpaired) electrons. The Labute approximate surface area is 117 Å². The van der Waals surface area contributed by atoms with Gasteiger partial charge in [0.1, 0.15) is 5.82 Å². The molecule has 2 aromatic rings. The van der Waals surface area contributed by atoms with Crippen molar-refractivity contribution in [2.24, 2.45) is 7.05 Å². The van der Waals surface area contributed by atoms with Gasteiger partial charge < -0.3 is 5.32 Å². The van der Waals surface area contributed by atoms with Crippen molar-refractivity contribution in [1.29, 1.82) is 0 Å². The van der Waals surface area contributed by atoms with Crippen LogP contribution in [-0.2, 0) is 13.5 Å². The molecule has 0 unspecified atom stereocenters. The van der Waals surface area contributed by atoms with Gasteiger partial charge in [-0.3, -0.25) is 9.48 Å². The van der Waals surface area contributed by atoms with Gasteiger partial charge in [0.25, 0.3) is 5.91 Å². The molecule has 0 saturated carbocycles. The summed E-state index contributed by atoms with van der Waals surface area (Å²) in [6.07, 6.45) is 0.715. The Morgan fingerprint density at radius 2 is 2.15 bits per heavy atom. The first-order valence-electron chi connectivity index (χ1n) is 6.52. The minimum Gasteiger partial charge on any atom is -0.352 e. The number of nitrogens with zero attached hydrogens (tertiary/aromatic N) is 2. The number of aromatic nitrogens is 2. The maximum Gasteiger partial charge on any atom is 0.251 e. The van der Waals surface area contributed by atoms with Gasteiger partial charge in [-0.15, -0.1) is 0 Å². The molecule has 0 aliphatic rings. The Morgan fingerprint density at radius 1 is 1.40 bits per heavy atom. The largest absolute Gasteiger partial charge is 0.352 e. The van der Waals surface area contributed by atoms with Crippen LogP contribution in [0.3, 0.4) is 0 Å². The fraction of sp³-hybridized carbons (Fsp3) is 0.333. The molecule has 0 bridgehead atoms. The summed E-state index contributed by atoms with van der Waals surface area (Å²) in [5.74, 6) is -0.666. The van der Waals surface area contributed by atoms with E-state index in [1.54, 1.807) is 6.07 Å². The van der Waals surface area contributed by atoms with Crippen molar-refractivity contribution in [3.05, 3.63) is 52.6 Å². The highest BCUT2D eigenvalue weighted by Gasteiger charge is 2.10. The molecule has 0 spiro atoms. The van der Waals surface area contributed by atoms with Crippen LogP contribution >= 0.6 is 0 Å². The van der Waals surface area contributed by atoms with Crippen LogP contribution in [0.4, 0.5) is 4.39 Å². The van der Waals surface area contributed by atoms with Crippen LogP contribution < -0.4 is 5.32 Å². The molecule has 1 aromatic carbocycles. The lowest BCUT2D eigenvalue weighted by atomic mass is 10.1. The second-order valence-electron chi connectivity index (χ2n) is 4.79. The van der Waals surface area contributed by atoms with Gasteiger partial charge in [0.05, 0.1) is 5.69 Å². The topological polar surface area (TPSA) is 46.9 Å². The second kappa shape index (κ2) is 5.86. The Kier molecular flexibility index (Phi) is 4.17. The molecular formula is C15H18FN3O. The Hall–Kier alpha value is -2.17. The minimum atomic E-state index is -0.406. The van der Waals surface area contributed by atoms with Crippen molar-refractivity contribution >= 4 is 5.91 Å². The standard InChI is InChI=1S/C15H18FN3O/c1-10-14(11(2)19(3)18-10)7-8-17-15(20)12-5-4-6-13(16)9-12/h4-6,9H,7-8H2,1-3H3,(H,17,20). The molecule has 5 heteroatoms. The molecule has 0 atom stereocenters. The van der Waals surface area contributed by atoms with Crippen LogP contribution in [0, 0.1) is 19.7 Å². The number of benzene rings is 1. The molecule has 1 amide bonds. The molecule has 4 nitrogen and oxygen atoms in total. The Morgan fingerprint density at radius 3 is 2.75 bits per heavy atom. The fourth-order valence-corrected chi connectivity index (χ4v) is 2.21. The zero-order valence-corrected chi connectivity index (χ0v) is 11.9. The quantitative estimate of drug-likeness (QED) is 0.929. The Bertz CT molecular complexity index is 634. The van der Waals surface area contributed by atoms with Crippen LogP contribution in [-0.4, -0.2) is 22.2 Å². The minimum absolute atomic E-state index is 0.260. The molecule has 0 aliphatic heterocycles. The average Bonchev–Trinajstić information content (AvgIpc) is 2.65. The summed E-state index contributed by atoms with van der Waals surface area (Å²) >= 11 is 0. The first kappa shape index (κ1) is 14.2. The number of aryl methyl sites for hydroxylation is 2. The number of carbonyl (C=O) groups is 1. The predicted octanol–water partition coefficient (Wildman–Crippen LogP) is 2.15. The first-order valence-corrected chi connectivity index (χ1v) is 6.52. The fourth-order valence-electron chi connectivity index (χ4n) is 2.21. The average molecular weight is 275 g/mol. The van der Waals surface area contributed by atoms with Gasteiger partial charge in [-0.1, -0.05) is 6.07 Å². The third-order valence-corrected chi connectivity index (χ3v) is 3.41. The van der Waals surface area contributed by atoms with Crippen molar-refractivity contribution in [3.8, 4) is 0 Å². The molecule has 0 aliphatic carbocycles. The smallest absolute Gasteiger partial charge is 0.251 e. The van der Waals surface area contributed by atoms with Gasteiger partial charge in [0.15, 0.2) is 0 Å². The summed E-state index contributed by atoms with van der Waals surface area (Å²) in [7, 11) is 1.90. The van der Waals surface area contributed by atoms with Crippen molar-refractivity contribution in [2.45, 2.75) is 20.3 Å². The number of hydrogen-bond acceptors (Lipinski definition) is 2. The van der Waals surface area contributed by atoms with Gasteiger partial charge in [-0.2, -0.15) is 5.10 Å². The summed E-state index contributed by atoms with van der Waals surface area (Å²) in [4.78, 5) is 11.9. The van der Waals surface area contributed by atoms with Crippen molar-refractivity contribution in [1.82, 2.24) is 15.1 Å². The number of amides is 1. The van der Waals surface area contributed by atoms with Gasteiger partial charge in [-0.25, -0.2) is 4.39 Å². The summed E-state index contributed by atoms with van der Waals surface area (Å²) in [5, 5.41) is 7.13. The lowest BCUT2D eigenvalue weighted by Gasteiger charge is -2.06. The van der Waals surface area contributed by atoms with E-state index in [9.17, 15) is 9.18 Å². The molecule has 0 saturated heterocycles. The molecular weight excluding hydrogens is 257 g/mol. The zero-order chi connectivity index (χ0) is 14.7. The van der Waals surface area contributed by atoms with Crippen molar-refractivity contribution < 1.29 is 9.18 Å². The van der Waals surface area contributed by atoms with E-state index in [-0.39, 0.29) is 5.91 Å². The SMILES string of the molecule is Cc1nn(C)c(C)c1CCNC(=O)c1cccc(F)c1. The van der Waals surface area contributed by atoms with E-state index in [1.807, 2.05) is 25.6 Å². The maximum absolute atomic E-state index is 13.0. The van der Waals surface area contributed by atoms with Crippen molar-refractivity contribution in [2.75, 3.05) is 6.54 Å². The van der Waals surface area contributed by atoms with Gasteiger partial charge in [0.2, 0.25) is 0 Å². The molecule has 1 heterocycles. The second-order valence-corrected chi connectivity index (χ2v) is 4.79. The summed E-state index contributed by atoms with van der Waals surface area (Å²) < 4.78 is 14.9. The molecule has 1 N–H and O–H groups in total. The van der Waals surface area contributed by atoms with Crippen LogP contribution in [0.25, 0.3) is 0 Å². The van der Waals surface area contributed by atoms with E-state index < -0.39 is 5.82 Å². The monoisotopic (exact) mass is 275 g/mol. The van der Waals surface area contributed by atoms with Gasteiger partial charge in [0, 0.05) is 24.8 Å². The molecule has 2 rings (SSSR count). The lowest BCUT2D eigenvalue weighted by molar-refractivity contribution is 0.0953. The third-order valence-electron chi connectivity index (χ3n) is 3.41. The summed E-state index contributed by atoms with van der Waals surface area (Å²) in [5.41, 5.74) is 3.56. The van der Waals surface area contributed by atoms with E-state index >= 15 is 0 Å². The highest BCUT2D eigenvalue weighted by atomic mass is 19.1. The maximum atomic E-state index is 13.0. The lowest BCUT2D eigenvalue weighted by Crippen LogP contribution is -2.26. The van der Waals surface area contributed by atoms with Crippen LogP contribution in [0.2, 0.25) is 0 Å². The third kappa shape index (κ3) is 3.04. The van der Waals surface area contributed by atoms with Crippen LogP contribution in [0.1, 0.15) is 27.3 Å². The van der Waals surface area contributed by atoms with E-state index in [1.165, 1.54) is 18.2 Å². The number of hydrogen-bond donors (Lipinski definition) is 1. The molecule has 0 fully saturated rings.